The zero-order valence-electron chi connectivity index (χ0n) is 13.4. The van der Waals surface area contributed by atoms with Crippen LogP contribution in [-0.2, 0) is 4.79 Å². The van der Waals surface area contributed by atoms with E-state index in [9.17, 15) is 4.79 Å². The molecule has 7 heteroatoms. The van der Waals surface area contributed by atoms with Gasteiger partial charge in [-0.3, -0.25) is 5.43 Å². The normalized spacial score (nSPS) is 10.8. The number of carbonyl (C=O) groups is 1. The number of carboxylic acid groups (broad SMARTS) is 1. The molecule has 0 spiro atoms. The number of methoxy groups -OCH3 is 1. The van der Waals surface area contributed by atoms with Crippen LogP contribution in [0.3, 0.4) is 0 Å². The third-order valence-electron chi connectivity index (χ3n) is 3.12. The first-order valence-corrected chi connectivity index (χ1v) is 7.17. The lowest BCUT2D eigenvalue weighted by atomic mass is 10.2. The molecule has 0 saturated heterocycles. The summed E-state index contributed by atoms with van der Waals surface area (Å²) in [5, 5.41) is 8.83. The molecule has 0 amide bonds. The Labute approximate surface area is 144 Å². The van der Waals surface area contributed by atoms with Gasteiger partial charge in [-0.2, -0.15) is 0 Å². The van der Waals surface area contributed by atoms with E-state index in [0.717, 1.165) is 16.9 Å². The van der Waals surface area contributed by atoms with Crippen LogP contribution in [-0.4, -0.2) is 18.2 Å². The number of carboxylic acids is 1. The molecule has 0 atom stereocenters. The van der Waals surface area contributed by atoms with Gasteiger partial charge in [0.05, 0.1) is 7.11 Å². The summed E-state index contributed by atoms with van der Waals surface area (Å²) in [5.74, 6) is 10.8. The van der Waals surface area contributed by atoms with Gasteiger partial charge in [0.1, 0.15) is 11.5 Å². The summed E-state index contributed by atoms with van der Waals surface area (Å²) in [7, 11) is 1.61. The first-order chi connectivity index (χ1) is 12.0. The predicted octanol–water partition coefficient (Wildman–Crippen LogP) is 1.15. The van der Waals surface area contributed by atoms with E-state index < -0.39 is 11.7 Å². The Hall–Kier alpha value is -3.63. The number of hydrogen-bond acceptors (Lipinski definition) is 6. The van der Waals surface area contributed by atoms with Gasteiger partial charge >= 0.3 is 5.97 Å². The van der Waals surface area contributed by atoms with Crippen molar-refractivity contribution in [3.63, 3.8) is 0 Å². The maximum Gasteiger partial charge on any atom is 0.357 e. The fraction of sp³-hybridized carbons (Fsp3) is 0.0556. The Balaban J connectivity index is 2.11. The number of hydrogen-bond donors (Lipinski definition) is 4. The zero-order chi connectivity index (χ0) is 18.2. The average Bonchev–Trinajstić information content (AvgIpc) is 2.65. The second-order valence-corrected chi connectivity index (χ2v) is 4.80. The summed E-state index contributed by atoms with van der Waals surface area (Å²) in [6.45, 7) is 0. The van der Waals surface area contributed by atoms with E-state index in [2.05, 4.69) is 17.3 Å². The van der Waals surface area contributed by atoms with Gasteiger partial charge in [-0.1, -0.05) is 11.8 Å². The minimum absolute atomic E-state index is 0.246. The predicted molar refractivity (Wildman–Crippen MR) is 92.2 cm³/mol. The van der Waals surface area contributed by atoms with Gasteiger partial charge in [-0.05, 0) is 48.5 Å². The molecule has 0 aliphatic rings. The SMILES string of the molecule is COc1ccc(C#Cc2ccc(O/C(NN)=C(/N)C(=O)O)cc2)cc1. The molecule has 0 radical (unpaired) electrons. The Bertz CT molecular complexity index is 831. The lowest BCUT2D eigenvalue weighted by Gasteiger charge is -2.10. The quantitative estimate of drug-likeness (QED) is 0.212. The van der Waals surface area contributed by atoms with Gasteiger partial charge in [0.2, 0.25) is 5.88 Å². The van der Waals surface area contributed by atoms with Gasteiger partial charge in [-0.15, -0.1) is 0 Å². The van der Waals surface area contributed by atoms with E-state index in [-0.39, 0.29) is 5.88 Å². The number of hydrazine groups is 1. The maximum atomic E-state index is 10.8. The molecule has 0 fully saturated rings. The molecular formula is C18H17N3O4. The van der Waals surface area contributed by atoms with Crippen molar-refractivity contribution < 1.29 is 19.4 Å². The monoisotopic (exact) mass is 339 g/mol. The molecule has 0 unspecified atom stereocenters. The fourth-order valence-electron chi connectivity index (χ4n) is 1.80. The summed E-state index contributed by atoms with van der Waals surface area (Å²) in [4.78, 5) is 10.8. The molecule has 2 rings (SSSR count). The third-order valence-corrected chi connectivity index (χ3v) is 3.12. The maximum absolute atomic E-state index is 10.8. The summed E-state index contributed by atoms with van der Waals surface area (Å²) in [6, 6.07) is 14.1. The van der Waals surface area contributed by atoms with Crippen molar-refractivity contribution in [3.05, 3.63) is 71.2 Å². The van der Waals surface area contributed by atoms with Crippen molar-refractivity contribution in [1.82, 2.24) is 5.43 Å². The Morgan fingerprint density at radius 3 is 1.88 bits per heavy atom. The molecule has 0 aliphatic carbocycles. The molecule has 0 bridgehead atoms. The summed E-state index contributed by atoms with van der Waals surface area (Å²) >= 11 is 0. The first kappa shape index (κ1) is 17.7. The zero-order valence-corrected chi connectivity index (χ0v) is 13.4. The Morgan fingerprint density at radius 2 is 1.48 bits per heavy atom. The summed E-state index contributed by atoms with van der Waals surface area (Å²) < 4.78 is 10.4. The van der Waals surface area contributed by atoms with E-state index in [1.807, 2.05) is 24.3 Å². The number of rotatable bonds is 5. The van der Waals surface area contributed by atoms with Gasteiger partial charge in [0.15, 0.2) is 5.70 Å². The minimum Gasteiger partial charge on any atom is -0.497 e. The van der Waals surface area contributed by atoms with Crippen LogP contribution in [0.25, 0.3) is 0 Å². The average molecular weight is 339 g/mol. The van der Waals surface area contributed by atoms with Gasteiger partial charge in [0.25, 0.3) is 0 Å². The van der Waals surface area contributed by atoms with Gasteiger partial charge in [-0.25, -0.2) is 10.6 Å². The molecule has 6 N–H and O–H groups in total. The molecule has 2 aromatic carbocycles. The topological polar surface area (TPSA) is 120 Å². The molecule has 7 nitrogen and oxygen atoms in total. The molecule has 0 saturated carbocycles. The number of benzene rings is 2. The summed E-state index contributed by atoms with van der Waals surface area (Å²) in [6.07, 6.45) is 0. The molecule has 0 aliphatic heterocycles. The van der Waals surface area contributed by atoms with E-state index in [0.29, 0.717) is 5.75 Å². The van der Waals surface area contributed by atoms with Crippen molar-refractivity contribution in [1.29, 1.82) is 0 Å². The highest BCUT2D eigenvalue weighted by atomic mass is 16.5. The van der Waals surface area contributed by atoms with E-state index >= 15 is 0 Å². The van der Waals surface area contributed by atoms with Crippen LogP contribution in [0, 0.1) is 11.8 Å². The number of aliphatic carboxylic acids is 1. The second kappa shape index (κ2) is 8.29. The van der Waals surface area contributed by atoms with Crippen molar-refractivity contribution in [2.24, 2.45) is 11.6 Å². The van der Waals surface area contributed by atoms with Crippen LogP contribution in [0.15, 0.2) is 60.1 Å². The molecule has 128 valence electrons. The molecule has 0 aromatic heterocycles. The molecule has 25 heavy (non-hydrogen) atoms. The highest BCUT2D eigenvalue weighted by molar-refractivity contribution is 5.85. The van der Waals surface area contributed by atoms with Crippen molar-refractivity contribution in [2.45, 2.75) is 0 Å². The summed E-state index contributed by atoms with van der Waals surface area (Å²) in [5.41, 5.74) is 8.58. The molecule has 2 aromatic rings. The van der Waals surface area contributed by atoms with Crippen LogP contribution in [0.1, 0.15) is 11.1 Å². The van der Waals surface area contributed by atoms with E-state index in [4.69, 9.17) is 26.2 Å². The second-order valence-electron chi connectivity index (χ2n) is 4.80. The highest BCUT2D eigenvalue weighted by Crippen LogP contribution is 2.15. The Morgan fingerprint density at radius 1 is 1.00 bits per heavy atom. The van der Waals surface area contributed by atoms with Crippen molar-refractivity contribution >= 4 is 5.97 Å². The van der Waals surface area contributed by atoms with E-state index in [1.54, 1.807) is 31.4 Å². The first-order valence-electron chi connectivity index (χ1n) is 7.17. The number of nitrogens with one attached hydrogen (secondary N) is 1. The largest absolute Gasteiger partial charge is 0.497 e. The third kappa shape index (κ3) is 4.92. The van der Waals surface area contributed by atoms with Crippen LogP contribution in [0.5, 0.6) is 11.5 Å². The van der Waals surface area contributed by atoms with Crippen molar-refractivity contribution in [2.75, 3.05) is 7.11 Å². The highest BCUT2D eigenvalue weighted by Gasteiger charge is 2.11. The minimum atomic E-state index is -1.34. The van der Waals surface area contributed by atoms with Gasteiger partial charge in [0, 0.05) is 11.1 Å². The molecular weight excluding hydrogens is 322 g/mol. The number of ether oxygens (including phenoxy) is 2. The van der Waals surface area contributed by atoms with Crippen LogP contribution >= 0.6 is 0 Å². The van der Waals surface area contributed by atoms with E-state index in [1.165, 1.54) is 0 Å². The smallest absolute Gasteiger partial charge is 0.357 e. The van der Waals surface area contributed by atoms with Crippen molar-refractivity contribution in [3.8, 4) is 23.3 Å². The Kier molecular flexibility index (Phi) is 5.87. The number of nitrogens with two attached hydrogens (primary N) is 2. The van der Waals surface area contributed by atoms with Crippen LogP contribution in [0.4, 0.5) is 0 Å². The van der Waals surface area contributed by atoms with Crippen LogP contribution < -0.4 is 26.5 Å². The lowest BCUT2D eigenvalue weighted by Crippen LogP contribution is -2.31. The fourth-order valence-corrected chi connectivity index (χ4v) is 1.80. The standard InChI is InChI=1S/C18H17N3O4/c1-24-14-8-4-12(5-9-14)2-3-13-6-10-15(11-7-13)25-17(21-20)16(19)18(22)23/h4-11,21H,19-20H2,1H3,(H,22,23)/b17-16+. The lowest BCUT2D eigenvalue weighted by molar-refractivity contribution is -0.132. The van der Waals surface area contributed by atoms with Gasteiger partial charge < -0.3 is 20.3 Å². The van der Waals surface area contributed by atoms with Crippen LogP contribution in [0.2, 0.25) is 0 Å². The molecule has 0 heterocycles.